The minimum atomic E-state index is -1.07. The molecule has 1 aromatic rings. The standard InChI is InChI=1S/C25H37NO5/c1-16-7-10-21-24(3,12-6-13-25(21,4)23(29)30-5)19(16)9-8-18-11-14-31-20(18)15-26-17(2)22(27)28/h11,14,17,19,21,26H,1,6-10,12-13,15H2,2-5H3,(H,27,28)/t17-,19+,21+,24-,25+/m1/s1. The highest BCUT2D eigenvalue weighted by atomic mass is 16.5. The summed E-state index contributed by atoms with van der Waals surface area (Å²) in [6.07, 6.45) is 8.43. The molecule has 0 radical (unpaired) electrons. The number of hydrogen-bond acceptors (Lipinski definition) is 5. The average molecular weight is 432 g/mol. The molecule has 2 fully saturated rings. The van der Waals surface area contributed by atoms with Gasteiger partial charge in [-0.2, -0.15) is 0 Å². The highest BCUT2D eigenvalue weighted by Crippen LogP contribution is 2.62. The maximum atomic E-state index is 12.7. The topological polar surface area (TPSA) is 96.2 Å². The molecule has 0 spiro atoms. The predicted octanol–water partition coefficient (Wildman–Crippen LogP) is 2.37. The molecule has 3 rings (SSSR count). The van der Waals surface area contributed by atoms with Crippen LogP contribution in [-0.4, -0.2) is 25.1 Å². The molecule has 0 amide bonds. The second-order valence-corrected chi connectivity index (χ2v) is 10.0. The van der Waals surface area contributed by atoms with Crippen LogP contribution in [0.15, 0.2) is 28.9 Å². The fourth-order valence-corrected chi connectivity index (χ4v) is 6.41. The second kappa shape index (κ2) is 9.19. The summed E-state index contributed by atoms with van der Waals surface area (Å²) in [5.41, 5.74) is 2.00. The first kappa shape index (κ1) is 23.6. The first-order valence-corrected chi connectivity index (χ1v) is 11.5. The number of aliphatic carboxylic acids is 1. The lowest BCUT2D eigenvalue weighted by Crippen LogP contribution is -2.90. The normalized spacial score (nSPS) is 31.7. The van der Waals surface area contributed by atoms with Crippen LogP contribution in [0, 0.1) is 22.7 Å². The van der Waals surface area contributed by atoms with Gasteiger partial charge in [0.2, 0.25) is 0 Å². The molecule has 6 heteroatoms. The summed E-state index contributed by atoms with van der Waals surface area (Å²) >= 11 is 0. The van der Waals surface area contributed by atoms with E-state index in [0.29, 0.717) is 12.5 Å². The van der Waals surface area contributed by atoms with Crippen LogP contribution in [0.1, 0.15) is 70.6 Å². The minimum Gasteiger partial charge on any atom is -0.544 e. The third kappa shape index (κ3) is 4.45. The number of quaternary nitrogens is 1. The molecule has 0 unspecified atom stereocenters. The Morgan fingerprint density at radius 3 is 2.81 bits per heavy atom. The number of ether oxygens (including phenoxy) is 1. The van der Waals surface area contributed by atoms with E-state index in [0.717, 1.165) is 56.3 Å². The summed E-state index contributed by atoms with van der Waals surface area (Å²) in [6.45, 7) is 11.0. The minimum absolute atomic E-state index is 0.0238. The number of furan rings is 1. The molecule has 2 aliphatic carbocycles. The van der Waals surface area contributed by atoms with Crippen molar-refractivity contribution in [3.05, 3.63) is 35.8 Å². The van der Waals surface area contributed by atoms with E-state index in [-0.39, 0.29) is 17.3 Å². The molecule has 0 aliphatic heterocycles. The van der Waals surface area contributed by atoms with Gasteiger partial charge in [0.05, 0.1) is 24.8 Å². The summed E-state index contributed by atoms with van der Waals surface area (Å²) in [7, 11) is 1.50. The lowest BCUT2D eigenvalue weighted by Gasteiger charge is -2.57. The number of aryl methyl sites for hydroxylation is 1. The van der Waals surface area contributed by atoms with Gasteiger partial charge in [0.1, 0.15) is 12.6 Å². The van der Waals surface area contributed by atoms with Gasteiger partial charge in [0.25, 0.3) is 0 Å². The molecule has 172 valence electrons. The van der Waals surface area contributed by atoms with E-state index >= 15 is 0 Å². The van der Waals surface area contributed by atoms with Crippen molar-refractivity contribution in [2.45, 2.75) is 78.3 Å². The molecule has 0 aromatic carbocycles. The van der Waals surface area contributed by atoms with Crippen LogP contribution in [0.25, 0.3) is 0 Å². The van der Waals surface area contributed by atoms with E-state index in [1.165, 1.54) is 12.7 Å². The predicted molar refractivity (Wildman–Crippen MR) is 115 cm³/mol. The highest BCUT2D eigenvalue weighted by Gasteiger charge is 2.57. The number of allylic oxidation sites excluding steroid dienone is 1. The summed E-state index contributed by atoms with van der Waals surface area (Å²) in [6, 6.07) is 1.37. The zero-order valence-corrected chi connectivity index (χ0v) is 19.4. The first-order valence-electron chi connectivity index (χ1n) is 11.5. The van der Waals surface area contributed by atoms with Gasteiger partial charge < -0.3 is 24.4 Å². The molecular weight excluding hydrogens is 394 g/mol. The number of rotatable bonds is 8. The Morgan fingerprint density at radius 1 is 1.39 bits per heavy atom. The Labute approximate surface area is 185 Å². The van der Waals surface area contributed by atoms with E-state index < -0.39 is 17.4 Å². The Kier molecular flexibility index (Phi) is 6.99. The molecule has 2 saturated carbocycles. The molecule has 5 atom stereocenters. The number of methoxy groups -OCH3 is 1. The maximum absolute atomic E-state index is 12.7. The van der Waals surface area contributed by atoms with Crippen LogP contribution in [-0.2, 0) is 27.3 Å². The van der Waals surface area contributed by atoms with Crippen molar-refractivity contribution in [2.75, 3.05) is 7.11 Å². The van der Waals surface area contributed by atoms with Gasteiger partial charge in [-0.3, -0.25) is 4.79 Å². The van der Waals surface area contributed by atoms with Gasteiger partial charge in [-0.05, 0) is 81.3 Å². The Balaban J connectivity index is 1.75. The second-order valence-electron chi connectivity index (χ2n) is 10.0. The molecule has 2 N–H and O–H groups in total. The van der Waals surface area contributed by atoms with Crippen molar-refractivity contribution in [3.63, 3.8) is 0 Å². The third-order valence-corrected chi connectivity index (χ3v) is 8.24. The van der Waals surface area contributed by atoms with Crippen molar-refractivity contribution in [2.24, 2.45) is 22.7 Å². The first-order chi connectivity index (χ1) is 14.6. The molecule has 31 heavy (non-hydrogen) atoms. The zero-order chi connectivity index (χ0) is 22.8. The fraction of sp³-hybridized carbons (Fsp3) is 0.680. The smallest absolute Gasteiger partial charge is 0.311 e. The van der Waals surface area contributed by atoms with Crippen molar-refractivity contribution in [3.8, 4) is 0 Å². The summed E-state index contributed by atoms with van der Waals surface area (Å²) in [5.74, 6) is 0.294. The number of hydrogen-bond donors (Lipinski definition) is 1. The fourth-order valence-electron chi connectivity index (χ4n) is 6.41. The van der Waals surface area contributed by atoms with Gasteiger partial charge in [-0.25, -0.2) is 0 Å². The van der Waals surface area contributed by atoms with Crippen LogP contribution in [0.4, 0.5) is 0 Å². The number of carboxylic acid groups (broad SMARTS) is 1. The summed E-state index contributed by atoms with van der Waals surface area (Å²) in [4.78, 5) is 23.7. The van der Waals surface area contributed by atoms with Gasteiger partial charge in [0, 0.05) is 0 Å². The van der Waals surface area contributed by atoms with E-state index in [1.807, 2.05) is 6.07 Å². The van der Waals surface area contributed by atoms with E-state index in [9.17, 15) is 14.7 Å². The van der Waals surface area contributed by atoms with Gasteiger partial charge in [0.15, 0.2) is 5.76 Å². The lowest BCUT2D eigenvalue weighted by molar-refractivity contribution is -0.696. The Bertz CT molecular complexity index is 830. The Morgan fingerprint density at radius 2 is 2.13 bits per heavy atom. The number of nitrogens with two attached hydrogens (primary N) is 1. The lowest BCUT2D eigenvalue weighted by atomic mass is 9.46. The summed E-state index contributed by atoms with van der Waals surface area (Å²) in [5, 5.41) is 12.7. The monoisotopic (exact) mass is 431 g/mol. The number of carbonyl (C=O) groups excluding carboxylic acids is 2. The van der Waals surface area contributed by atoms with Crippen molar-refractivity contribution >= 4 is 11.9 Å². The van der Waals surface area contributed by atoms with Crippen molar-refractivity contribution in [1.29, 1.82) is 0 Å². The van der Waals surface area contributed by atoms with Crippen LogP contribution in [0.5, 0.6) is 0 Å². The SMILES string of the molecule is C=C1CC[C@H]2[C@](C)(CCC[C@]2(C)C(=O)OC)[C@H]1CCc1ccoc1C[NH2+][C@H](C)C(=O)[O-]. The molecule has 6 nitrogen and oxygen atoms in total. The van der Waals surface area contributed by atoms with Crippen molar-refractivity contribution < 1.29 is 29.2 Å². The van der Waals surface area contributed by atoms with Crippen LogP contribution in [0.3, 0.4) is 0 Å². The molecule has 1 heterocycles. The number of esters is 1. The van der Waals surface area contributed by atoms with Gasteiger partial charge in [-0.15, -0.1) is 0 Å². The van der Waals surface area contributed by atoms with E-state index in [2.05, 4.69) is 20.4 Å². The zero-order valence-electron chi connectivity index (χ0n) is 19.4. The molecule has 2 aliphatic rings. The van der Waals surface area contributed by atoms with Crippen LogP contribution in [0.2, 0.25) is 0 Å². The quantitative estimate of drug-likeness (QED) is 0.504. The highest BCUT2D eigenvalue weighted by molar-refractivity contribution is 5.77. The molecule has 0 bridgehead atoms. The molecular formula is C25H37NO5. The third-order valence-electron chi connectivity index (χ3n) is 8.24. The average Bonchev–Trinajstić information content (AvgIpc) is 3.17. The number of fused-ring (bicyclic) bond motifs is 1. The van der Waals surface area contributed by atoms with Crippen LogP contribution >= 0.6 is 0 Å². The van der Waals surface area contributed by atoms with Gasteiger partial charge in [-0.1, -0.05) is 25.5 Å². The van der Waals surface area contributed by atoms with Crippen molar-refractivity contribution in [1.82, 2.24) is 0 Å². The maximum Gasteiger partial charge on any atom is 0.311 e. The number of carbonyl (C=O) groups is 2. The summed E-state index contributed by atoms with van der Waals surface area (Å²) < 4.78 is 10.9. The van der Waals surface area contributed by atoms with E-state index in [4.69, 9.17) is 9.15 Å². The Hall–Kier alpha value is -2.08. The molecule has 0 saturated heterocycles. The largest absolute Gasteiger partial charge is 0.544 e. The number of carboxylic acids is 1. The molecule has 1 aromatic heterocycles. The van der Waals surface area contributed by atoms with E-state index in [1.54, 1.807) is 18.5 Å². The van der Waals surface area contributed by atoms with Crippen LogP contribution < -0.4 is 10.4 Å². The van der Waals surface area contributed by atoms with Gasteiger partial charge >= 0.3 is 5.97 Å².